The van der Waals surface area contributed by atoms with Gasteiger partial charge in [-0.3, -0.25) is 4.79 Å². The van der Waals surface area contributed by atoms with E-state index in [0.29, 0.717) is 0 Å². The fourth-order valence-electron chi connectivity index (χ4n) is 2.18. The molecule has 0 aliphatic rings. The molecule has 0 aliphatic heterocycles. The van der Waals surface area contributed by atoms with Crippen LogP contribution in [0.2, 0.25) is 0 Å². The maximum atomic E-state index is 10.9. The highest BCUT2D eigenvalue weighted by molar-refractivity contribution is 7.98. The first-order chi connectivity index (χ1) is 9.58. The average Bonchev–Trinajstić information content (AvgIpc) is 2.39. The Morgan fingerprint density at radius 1 is 1.05 bits per heavy atom. The van der Waals surface area contributed by atoms with Gasteiger partial charge in [0, 0.05) is 10.6 Å². The van der Waals surface area contributed by atoms with Crippen molar-refractivity contribution in [2.75, 3.05) is 0 Å². The van der Waals surface area contributed by atoms with Gasteiger partial charge in [-0.1, -0.05) is 36.4 Å². The van der Waals surface area contributed by atoms with E-state index < -0.39 is 5.97 Å². The van der Waals surface area contributed by atoms with Crippen molar-refractivity contribution >= 4 is 17.7 Å². The van der Waals surface area contributed by atoms with Gasteiger partial charge < -0.3 is 5.11 Å². The number of hydrogen-bond donors (Lipinski definition) is 1. The summed E-state index contributed by atoms with van der Waals surface area (Å²) in [7, 11) is 0. The summed E-state index contributed by atoms with van der Waals surface area (Å²) < 4.78 is 0. The number of carboxylic acid groups (broad SMARTS) is 1. The monoisotopic (exact) mass is 286 g/mol. The average molecular weight is 286 g/mol. The molecule has 0 aromatic heterocycles. The lowest BCUT2D eigenvalue weighted by molar-refractivity contribution is -0.136. The minimum absolute atomic E-state index is 0.0793. The SMILES string of the molecule is Cc1cccc(C)c1CSc1ccccc1CC(=O)O. The van der Waals surface area contributed by atoms with Crippen molar-refractivity contribution in [3.8, 4) is 0 Å². The smallest absolute Gasteiger partial charge is 0.307 e. The molecular formula is C17H18O2S. The normalized spacial score (nSPS) is 10.5. The van der Waals surface area contributed by atoms with E-state index in [4.69, 9.17) is 5.11 Å². The largest absolute Gasteiger partial charge is 0.481 e. The summed E-state index contributed by atoms with van der Waals surface area (Å²) in [5, 5.41) is 8.96. The van der Waals surface area contributed by atoms with Gasteiger partial charge in [0.25, 0.3) is 0 Å². The van der Waals surface area contributed by atoms with Crippen molar-refractivity contribution in [3.63, 3.8) is 0 Å². The number of hydrogen-bond acceptors (Lipinski definition) is 2. The van der Waals surface area contributed by atoms with E-state index >= 15 is 0 Å². The second-order valence-electron chi connectivity index (χ2n) is 4.84. The first kappa shape index (κ1) is 14.7. The Kier molecular flexibility index (Phi) is 4.85. The zero-order valence-corrected chi connectivity index (χ0v) is 12.5. The van der Waals surface area contributed by atoms with E-state index in [-0.39, 0.29) is 6.42 Å². The second-order valence-corrected chi connectivity index (χ2v) is 5.85. The van der Waals surface area contributed by atoms with Crippen molar-refractivity contribution in [1.82, 2.24) is 0 Å². The minimum Gasteiger partial charge on any atom is -0.481 e. The summed E-state index contributed by atoms with van der Waals surface area (Å²) >= 11 is 1.71. The number of carboxylic acids is 1. The third-order valence-corrected chi connectivity index (χ3v) is 4.47. The van der Waals surface area contributed by atoms with Crippen LogP contribution >= 0.6 is 11.8 Å². The molecule has 0 bridgehead atoms. The van der Waals surface area contributed by atoms with Gasteiger partial charge in [-0.05, 0) is 42.2 Å². The summed E-state index contributed by atoms with van der Waals surface area (Å²) in [5.74, 6) is 0.0833. The molecule has 104 valence electrons. The van der Waals surface area contributed by atoms with Gasteiger partial charge >= 0.3 is 5.97 Å². The lowest BCUT2D eigenvalue weighted by atomic mass is 10.1. The molecule has 0 spiro atoms. The van der Waals surface area contributed by atoms with Crippen LogP contribution in [0.1, 0.15) is 22.3 Å². The molecule has 0 atom stereocenters. The highest BCUT2D eigenvalue weighted by Crippen LogP contribution is 2.29. The quantitative estimate of drug-likeness (QED) is 0.836. The van der Waals surface area contributed by atoms with Crippen LogP contribution in [0.4, 0.5) is 0 Å². The first-order valence-electron chi connectivity index (χ1n) is 6.55. The van der Waals surface area contributed by atoms with Crippen LogP contribution in [0.3, 0.4) is 0 Å². The molecule has 0 heterocycles. The number of aryl methyl sites for hydroxylation is 2. The zero-order chi connectivity index (χ0) is 14.5. The predicted molar refractivity (Wildman–Crippen MR) is 83.3 cm³/mol. The maximum absolute atomic E-state index is 10.9. The summed E-state index contributed by atoms with van der Waals surface area (Å²) in [6.45, 7) is 4.23. The van der Waals surface area contributed by atoms with Crippen molar-refractivity contribution < 1.29 is 9.90 Å². The molecule has 0 fully saturated rings. The Hall–Kier alpha value is -1.74. The molecule has 1 N–H and O–H groups in total. The van der Waals surface area contributed by atoms with Crippen LogP contribution in [0.15, 0.2) is 47.4 Å². The van der Waals surface area contributed by atoms with E-state index in [1.807, 2.05) is 24.3 Å². The first-order valence-corrected chi connectivity index (χ1v) is 7.54. The molecule has 3 heteroatoms. The van der Waals surface area contributed by atoms with Crippen LogP contribution in [-0.4, -0.2) is 11.1 Å². The summed E-state index contributed by atoms with van der Waals surface area (Å²) in [6.07, 6.45) is 0.0793. The topological polar surface area (TPSA) is 37.3 Å². The van der Waals surface area contributed by atoms with Crippen molar-refractivity contribution in [3.05, 3.63) is 64.7 Å². The standard InChI is InChI=1S/C17H18O2S/c1-12-6-5-7-13(2)15(12)11-20-16-9-4-3-8-14(16)10-17(18)19/h3-9H,10-11H2,1-2H3,(H,18,19). The lowest BCUT2D eigenvalue weighted by Gasteiger charge is -2.11. The van der Waals surface area contributed by atoms with Gasteiger partial charge in [0.2, 0.25) is 0 Å². The van der Waals surface area contributed by atoms with Crippen molar-refractivity contribution in [1.29, 1.82) is 0 Å². The maximum Gasteiger partial charge on any atom is 0.307 e. The fraction of sp³-hybridized carbons (Fsp3) is 0.235. The molecule has 0 radical (unpaired) electrons. The van der Waals surface area contributed by atoms with E-state index in [1.165, 1.54) is 16.7 Å². The highest BCUT2D eigenvalue weighted by atomic mass is 32.2. The van der Waals surface area contributed by atoms with Crippen molar-refractivity contribution in [2.45, 2.75) is 30.9 Å². The van der Waals surface area contributed by atoms with Gasteiger partial charge in [0.1, 0.15) is 0 Å². The minimum atomic E-state index is -0.787. The van der Waals surface area contributed by atoms with Gasteiger partial charge in [-0.15, -0.1) is 11.8 Å². The van der Waals surface area contributed by atoms with Crippen molar-refractivity contribution in [2.24, 2.45) is 0 Å². The van der Waals surface area contributed by atoms with E-state index in [2.05, 4.69) is 32.0 Å². The van der Waals surface area contributed by atoms with E-state index in [1.54, 1.807) is 11.8 Å². The third-order valence-electron chi connectivity index (χ3n) is 3.33. The Bertz CT molecular complexity index is 600. The number of rotatable bonds is 5. The lowest BCUT2D eigenvalue weighted by Crippen LogP contribution is -2.01. The molecule has 0 aliphatic carbocycles. The molecule has 2 nitrogen and oxygen atoms in total. The second kappa shape index (κ2) is 6.62. The van der Waals surface area contributed by atoms with Crippen LogP contribution in [0.25, 0.3) is 0 Å². The number of aliphatic carboxylic acids is 1. The molecule has 2 aromatic carbocycles. The van der Waals surface area contributed by atoms with Crippen LogP contribution < -0.4 is 0 Å². The molecule has 0 unspecified atom stereocenters. The summed E-state index contributed by atoms with van der Waals surface area (Å²) in [5.41, 5.74) is 4.79. The van der Waals surface area contributed by atoms with Gasteiger partial charge in [0.15, 0.2) is 0 Å². The number of thioether (sulfide) groups is 1. The molecule has 2 aromatic rings. The number of carbonyl (C=O) groups is 1. The Morgan fingerprint density at radius 2 is 1.70 bits per heavy atom. The van der Waals surface area contributed by atoms with Crippen LogP contribution in [0, 0.1) is 13.8 Å². The third kappa shape index (κ3) is 3.64. The predicted octanol–water partition coefficient (Wildman–Crippen LogP) is 4.22. The Morgan fingerprint density at radius 3 is 2.35 bits per heavy atom. The zero-order valence-electron chi connectivity index (χ0n) is 11.7. The van der Waals surface area contributed by atoms with E-state index in [0.717, 1.165) is 16.2 Å². The van der Waals surface area contributed by atoms with Gasteiger partial charge in [-0.2, -0.15) is 0 Å². The van der Waals surface area contributed by atoms with Crippen LogP contribution in [-0.2, 0) is 17.0 Å². The fourth-order valence-corrected chi connectivity index (χ4v) is 3.44. The highest BCUT2D eigenvalue weighted by Gasteiger charge is 2.08. The molecule has 20 heavy (non-hydrogen) atoms. The Labute approximate surface area is 123 Å². The molecular weight excluding hydrogens is 268 g/mol. The van der Waals surface area contributed by atoms with Gasteiger partial charge in [-0.25, -0.2) is 0 Å². The number of benzene rings is 2. The molecule has 0 saturated heterocycles. The molecule has 2 rings (SSSR count). The van der Waals surface area contributed by atoms with Gasteiger partial charge in [0.05, 0.1) is 6.42 Å². The molecule has 0 saturated carbocycles. The Balaban J connectivity index is 2.17. The van der Waals surface area contributed by atoms with Crippen LogP contribution in [0.5, 0.6) is 0 Å². The molecule has 0 amide bonds. The summed E-state index contributed by atoms with van der Waals surface area (Å²) in [4.78, 5) is 11.9. The summed E-state index contributed by atoms with van der Waals surface area (Å²) in [6, 6.07) is 14.0. The van der Waals surface area contributed by atoms with E-state index in [9.17, 15) is 4.79 Å².